The highest BCUT2D eigenvalue weighted by Gasteiger charge is 2.41. The van der Waals surface area contributed by atoms with Crippen molar-refractivity contribution in [1.29, 1.82) is 0 Å². The molecular formula is C28H29BrN2O. The minimum Gasteiger partial charge on any atom is -0.335 e. The Hall–Kier alpha value is -2.43. The largest absolute Gasteiger partial charge is 0.335 e. The van der Waals surface area contributed by atoms with Gasteiger partial charge in [-0.25, -0.2) is 0 Å². The molecular weight excluding hydrogens is 460 g/mol. The van der Waals surface area contributed by atoms with E-state index in [-0.39, 0.29) is 17.9 Å². The summed E-state index contributed by atoms with van der Waals surface area (Å²) in [6.07, 6.45) is 1.99. The molecule has 0 bridgehead atoms. The molecule has 2 aliphatic rings. The number of nitrogens with zero attached hydrogens (tertiary/aromatic N) is 1. The van der Waals surface area contributed by atoms with E-state index in [1.54, 1.807) is 0 Å². The number of piperidine rings is 1. The average molecular weight is 489 g/mol. The maximum absolute atomic E-state index is 14.0. The third-order valence-corrected chi connectivity index (χ3v) is 7.64. The lowest BCUT2D eigenvalue weighted by Gasteiger charge is -2.42. The van der Waals surface area contributed by atoms with Crippen molar-refractivity contribution in [2.75, 3.05) is 19.6 Å². The molecule has 0 aromatic heterocycles. The Morgan fingerprint density at radius 2 is 1.53 bits per heavy atom. The summed E-state index contributed by atoms with van der Waals surface area (Å²) in [5.41, 5.74) is 3.86. The molecule has 3 aromatic rings. The number of hydrogen-bond donors (Lipinski definition) is 1. The van der Waals surface area contributed by atoms with Gasteiger partial charge >= 0.3 is 0 Å². The maximum Gasteiger partial charge on any atom is 0.228 e. The molecule has 32 heavy (non-hydrogen) atoms. The van der Waals surface area contributed by atoms with Crippen molar-refractivity contribution in [1.82, 2.24) is 10.2 Å². The highest BCUT2D eigenvalue weighted by atomic mass is 79.9. The van der Waals surface area contributed by atoms with Gasteiger partial charge in [-0.2, -0.15) is 0 Å². The maximum atomic E-state index is 14.0. The minimum absolute atomic E-state index is 0.0243. The standard InChI is InChI=1S/C28H29BrN2O/c29-24-13-7-12-23(16-24)25-18-30-19-26(25)28(32)31-15-14-22(20-8-3-1-4-9-20)17-27(31)21-10-5-2-6-11-21/h1-13,16,22,25-27,30H,14-15,17-19H2/t22-,25-,26+,27-/m0/s1. The van der Waals surface area contributed by atoms with Gasteiger partial charge in [0.25, 0.3) is 0 Å². The lowest BCUT2D eigenvalue weighted by atomic mass is 9.81. The molecule has 2 aliphatic heterocycles. The van der Waals surface area contributed by atoms with Crippen molar-refractivity contribution in [3.05, 3.63) is 106 Å². The van der Waals surface area contributed by atoms with Gasteiger partial charge in [-0.3, -0.25) is 4.79 Å². The van der Waals surface area contributed by atoms with Crippen LogP contribution in [0.3, 0.4) is 0 Å². The average Bonchev–Trinajstić information content (AvgIpc) is 3.34. The molecule has 164 valence electrons. The third-order valence-electron chi connectivity index (χ3n) is 7.15. The van der Waals surface area contributed by atoms with Gasteiger partial charge in [0.1, 0.15) is 0 Å². The molecule has 2 saturated heterocycles. The van der Waals surface area contributed by atoms with Crippen LogP contribution in [0.5, 0.6) is 0 Å². The van der Waals surface area contributed by atoms with Gasteiger partial charge in [-0.15, -0.1) is 0 Å². The van der Waals surface area contributed by atoms with Crippen LogP contribution in [0.1, 0.15) is 47.4 Å². The normalized spacial score (nSPS) is 25.6. The van der Waals surface area contributed by atoms with Gasteiger partial charge in [-0.1, -0.05) is 88.7 Å². The molecule has 3 nitrogen and oxygen atoms in total. The van der Waals surface area contributed by atoms with Crippen molar-refractivity contribution in [2.24, 2.45) is 5.92 Å². The lowest BCUT2D eigenvalue weighted by Crippen LogP contribution is -2.45. The summed E-state index contributed by atoms with van der Waals surface area (Å²) in [4.78, 5) is 16.1. The molecule has 1 amide bonds. The fourth-order valence-corrected chi connectivity index (χ4v) is 5.90. The minimum atomic E-state index is -0.0243. The molecule has 0 radical (unpaired) electrons. The van der Waals surface area contributed by atoms with Crippen LogP contribution < -0.4 is 5.32 Å². The second-order valence-electron chi connectivity index (χ2n) is 9.02. The molecule has 4 atom stereocenters. The van der Waals surface area contributed by atoms with Crippen LogP contribution in [0.15, 0.2) is 89.4 Å². The Balaban J connectivity index is 1.42. The molecule has 2 fully saturated rings. The zero-order valence-electron chi connectivity index (χ0n) is 18.2. The highest BCUT2D eigenvalue weighted by molar-refractivity contribution is 9.10. The van der Waals surface area contributed by atoms with Crippen LogP contribution in [0, 0.1) is 5.92 Å². The second kappa shape index (κ2) is 9.60. The van der Waals surface area contributed by atoms with E-state index in [4.69, 9.17) is 0 Å². The molecule has 5 rings (SSSR count). The van der Waals surface area contributed by atoms with E-state index in [0.717, 1.165) is 36.9 Å². The Bertz CT molecular complexity index is 1060. The van der Waals surface area contributed by atoms with E-state index in [2.05, 4.69) is 105 Å². The first kappa shape index (κ1) is 21.4. The number of nitrogens with one attached hydrogen (secondary N) is 1. The Morgan fingerprint density at radius 1 is 0.844 bits per heavy atom. The van der Waals surface area contributed by atoms with Gasteiger partial charge in [0.15, 0.2) is 0 Å². The summed E-state index contributed by atoms with van der Waals surface area (Å²) in [5.74, 6) is 0.959. The van der Waals surface area contributed by atoms with Crippen molar-refractivity contribution in [3.8, 4) is 0 Å². The van der Waals surface area contributed by atoms with Crippen LogP contribution in [0.25, 0.3) is 0 Å². The van der Waals surface area contributed by atoms with E-state index >= 15 is 0 Å². The van der Waals surface area contributed by atoms with Gasteiger partial charge in [0, 0.05) is 30.0 Å². The monoisotopic (exact) mass is 488 g/mol. The van der Waals surface area contributed by atoms with E-state index in [1.165, 1.54) is 16.7 Å². The molecule has 2 heterocycles. The quantitative estimate of drug-likeness (QED) is 0.495. The van der Waals surface area contributed by atoms with Crippen molar-refractivity contribution >= 4 is 21.8 Å². The predicted octanol–water partition coefficient (Wildman–Crippen LogP) is 5.90. The summed E-state index contributed by atoms with van der Waals surface area (Å²) < 4.78 is 1.07. The van der Waals surface area contributed by atoms with Crippen LogP contribution in [-0.4, -0.2) is 30.4 Å². The Kier molecular flexibility index (Phi) is 6.42. The fraction of sp³-hybridized carbons (Fsp3) is 0.321. The number of benzene rings is 3. The van der Waals surface area contributed by atoms with Crippen molar-refractivity contribution < 1.29 is 4.79 Å². The molecule has 3 aromatic carbocycles. The summed E-state index contributed by atoms with van der Waals surface area (Å²) >= 11 is 3.60. The summed E-state index contributed by atoms with van der Waals surface area (Å²) in [5, 5.41) is 3.49. The summed E-state index contributed by atoms with van der Waals surface area (Å²) in [7, 11) is 0. The highest BCUT2D eigenvalue weighted by Crippen LogP contribution is 2.41. The first-order chi connectivity index (χ1) is 15.7. The zero-order valence-corrected chi connectivity index (χ0v) is 19.7. The number of carbonyl (C=O) groups is 1. The zero-order chi connectivity index (χ0) is 21.9. The molecule has 1 N–H and O–H groups in total. The van der Waals surface area contributed by atoms with Gasteiger partial charge < -0.3 is 10.2 Å². The smallest absolute Gasteiger partial charge is 0.228 e. The number of likely N-dealkylation sites (tertiary alicyclic amines) is 1. The van der Waals surface area contributed by atoms with Gasteiger partial charge in [0.2, 0.25) is 5.91 Å². The van der Waals surface area contributed by atoms with Crippen molar-refractivity contribution in [2.45, 2.75) is 30.7 Å². The fourth-order valence-electron chi connectivity index (χ4n) is 5.49. The van der Waals surface area contributed by atoms with Crippen LogP contribution in [0.2, 0.25) is 0 Å². The second-order valence-corrected chi connectivity index (χ2v) is 9.93. The first-order valence-corrected chi connectivity index (χ1v) is 12.4. The van der Waals surface area contributed by atoms with Crippen LogP contribution >= 0.6 is 15.9 Å². The SMILES string of the molecule is O=C([C@@H]1CNC[C@H]1c1cccc(Br)c1)N1CC[C@H](c2ccccc2)C[C@H]1c1ccccc1. The number of hydrogen-bond acceptors (Lipinski definition) is 2. The number of halogens is 1. The first-order valence-electron chi connectivity index (χ1n) is 11.6. The molecule has 0 aliphatic carbocycles. The van der Waals surface area contributed by atoms with Gasteiger partial charge in [0.05, 0.1) is 12.0 Å². The molecule has 0 saturated carbocycles. The Labute approximate surface area is 199 Å². The number of carbonyl (C=O) groups excluding carboxylic acids is 1. The number of amides is 1. The van der Waals surface area contributed by atoms with Crippen LogP contribution in [0.4, 0.5) is 0 Å². The summed E-state index contributed by atoms with van der Waals surface area (Å²) in [6.45, 7) is 2.40. The van der Waals surface area contributed by atoms with E-state index in [1.807, 2.05) is 6.07 Å². The van der Waals surface area contributed by atoms with E-state index in [0.29, 0.717) is 11.8 Å². The molecule has 0 spiro atoms. The molecule has 4 heteroatoms. The third kappa shape index (κ3) is 4.39. The predicted molar refractivity (Wildman–Crippen MR) is 133 cm³/mol. The Morgan fingerprint density at radius 3 is 2.25 bits per heavy atom. The van der Waals surface area contributed by atoms with Crippen LogP contribution in [-0.2, 0) is 4.79 Å². The number of rotatable bonds is 4. The van der Waals surface area contributed by atoms with Gasteiger partial charge in [-0.05, 0) is 47.6 Å². The van der Waals surface area contributed by atoms with E-state index < -0.39 is 0 Å². The van der Waals surface area contributed by atoms with E-state index in [9.17, 15) is 4.79 Å². The summed E-state index contributed by atoms with van der Waals surface area (Å²) in [6, 6.07) is 29.9. The topological polar surface area (TPSA) is 32.3 Å². The lowest BCUT2D eigenvalue weighted by molar-refractivity contribution is -0.139. The molecule has 0 unspecified atom stereocenters. The van der Waals surface area contributed by atoms with Crippen molar-refractivity contribution in [3.63, 3.8) is 0 Å².